The maximum atomic E-state index is 12.2. The van der Waals surface area contributed by atoms with Crippen molar-refractivity contribution in [2.75, 3.05) is 31.2 Å². The number of morpholine rings is 1. The third kappa shape index (κ3) is 3.62. The van der Waals surface area contributed by atoms with Crippen LogP contribution in [0.1, 0.15) is 33.3 Å². The van der Waals surface area contributed by atoms with E-state index in [1.54, 1.807) is 18.5 Å². The fourth-order valence-electron chi connectivity index (χ4n) is 2.63. The smallest absolute Gasteiger partial charge is 0.267 e. The Balaban J connectivity index is 1.67. The molecule has 2 N–H and O–H groups in total. The number of nitrogens with one attached hydrogen (secondary N) is 2. The third-order valence-electron chi connectivity index (χ3n) is 3.95. The van der Waals surface area contributed by atoms with Crippen LogP contribution in [0.3, 0.4) is 0 Å². The van der Waals surface area contributed by atoms with Gasteiger partial charge in [0.25, 0.3) is 5.91 Å². The normalized spacial score (nSPS) is 14.5. The van der Waals surface area contributed by atoms with Crippen LogP contribution in [0.5, 0.6) is 0 Å². The van der Waals surface area contributed by atoms with Gasteiger partial charge in [0.2, 0.25) is 0 Å². The molecule has 0 atom stereocenters. The molecular formula is C17H20N4O3. The molecule has 0 radical (unpaired) electrons. The molecular weight excluding hydrogens is 308 g/mol. The number of carbonyl (C=O) groups is 2. The van der Waals surface area contributed by atoms with Gasteiger partial charge >= 0.3 is 0 Å². The predicted octanol–water partition coefficient (Wildman–Crippen LogP) is 1.38. The Labute approximate surface area is 140 Å². The first kappa shape index (κ1) is 16.2. The highest BCUT2D eigenvalue weighted by Crippen LogP contribution is 2.18. The molecule has 1 aliphatic rings. The Kier molecular flexibility index (Phi) is 4.90. The number of hydrogen-bond acceptors (Lipinski definition) is 5. The quantitative estimate of drug-likeness (QED) is 0.810. The fraction of sp³-hybridized carbons (Fsp3) is 0.353. The summed E-state index contributed by atoms with van der Waals surface area (Å²) >= 11 is 0. The molecule has 1 amide bonds. The van der Waals surface area contributed by atoms with E-state index in [9.17, 15) is 9.59 Å². The summed E-state index contributed by atoms with van der Waals surface area (Å²) < 4.78 is 5.37. The average Bonchev–Trinajstić information content (AvgIpc) is 3.11. The van der Waals surface area contributed by atoms with Crippen LogP contribution in [0, 0.1) is 0 Å². The van der Waals surface area contributed by atoms with Crippen LogP contribution >= 0.6 is 0 Å². The van der Waals surface area contributed by atoms with Gasteiger partial charge in [-0.05, 0) is 19.1 Å². The number of Topliss-reactive ketones (excluding diaryl/α,β-unsaturated/α-hetero) is 1. The van der Waals surface area contributed by atoms with Gasteiger partial charge in [-0.25, -0.2) is 4.98 Å². The Morgan fingerprint density at radius 1 is 1.38 bits per heavy atom. The topological polar surface area (TPSA) is 87.3 Å². The van der Waals surface area contributed by atoms with E-state index in [-0.39, 0.29) is 11.7 Å². The molecule has 0 aromatic carbocycles. The van der Waals surface area contributed by atoms with Gasteiger partial charge in [-0.1, -0.05) is 6.07 Å². The molecule has 3 heterocycles. The van der Waals surface area contributed by atoms with Crippen LogP contribution < -0.4 is 10.2 Å². The average molecular weight is 328 g/mol. The lowest BCUT2D eigenvalue weighted by Gasteiger charge is -2.29. The highest BCUT2D eigenvalue weighted by Gasteiger charge is 2.17. The second-order valence-electron chi connectivity index (χ2n) is 5.63. The van der Waals surface area contributed by atoms with Gasteiger partial charge < -0.3 is 19.9 Å². The van der Waals surface area contributed by atoms with Gasteiger partial charge in [-0.3, -0.25) is 9.59 Å². The van der Waals surface area contributed by atoms with Crippen LogP contribution in [-0.2, 0) is 11.3 Å². The van der Waals surface area contributed by atoms with Gasteiger partial charge in [0.05, 0.1) is 13.2 Å². The largest absolute Gasteiger partial charge is 0.378 e. The van der Waals surface area contributed by atoms with Gasteiger partial charge in [0.1, 0.15) is 11.5 Å². The Bertz CT molecular complexity index is 735. The zero-order valence-electron chi connectivity index (χ0n) is 13.5. The lowest BCUT2D eigenvalue weighted by Crippen LogP contribution is -2.37. The maximum Gasteiger partial charge on any atom is 0.267 e. The van der Waals surface area contributed by atoms with E-state index >= 15 is 0 Å². The lowest BCUT2D eigenvalue weighted by atomic mass is 10.2. The first-order valence-electron chi connectivity index (χ1n) is 7.89. The summed E-state index contributed by atoms with van der Waals surface area (Å²) in [6.07, 6.45) is 3.29. The molecule has 0 bridgehead atoms. The van der Waals surface area contributed by atoms with Crippen molar-refractivity contribution >= 4 is 17.5 Å². The van der Waals surface area contributed by atoms with Crippen LogP contribution in [0.15, 0.2) is 30.6 Å². The molecule has 0 unspecified atom stereocenters. The molecule has 1 aliphatic heterocycles. The summed E-state index contributed by atoms with van der Waals surface area (Å²) in [6.45, 7) is 4.77. The number of H-pyrrole nitrogens is 1. The lowest BCUT2D eigenvalue weighted by molar-refractivity contribution is 0.0946. The van der Waals surface area contributed by atoms with Crippen molar-refractivity contribution in [3.05, 3.63) is 47.4 Å². The van der Waals surface area contributed by atoms with E-state index in [0.29, 0.717) is 31.0 Å². The van der Waals surface area contributed by atoms with E-state index in [4.69, 9.17) is 4.74 Å². The zero-order valence-corrected chi connectivity index (χ0v) is 13.5. The minimum Gasteiger partial charge on any atom is -0.378 e. The van der Waals surface area contributed by atoms with Crippen molar-refractivity contribution in [3.63, 3.8) is 0 Å². The van der Waals surface area contributed by atoms with Crippen LogP contribution in [0.4, 0.5) is 5.82 Å². The first-order valence-corrected chi connectivity index (χ1v) is 7.89. The molecule has 126 valence electrons. The number of aromatic nitrogens is 2. The van der Waals surface area contributed by atoms with Crippen LogP contribution in [0.2, 0.25) is 0 Å². The molecule has 2 aromatic heterocycles. The van der Waals surface area contributed by atoms with Crippen molar-refractivity contribution in [1.29, 1.82) is 0 Å². The van der Waals surface area contributed by atoms with Gasteiger partial charge in [-0.15, -0.1) is 0 Å². The summed E-state index contributed by atoms with van der Waals surface area (Å²) in [5.41, 5.74) is 1.82. The van der Waals surface area contributed by atoms with E-state index in [0.717, 1.165) is 24.5 Å². The number of ether oxygens (including phenoxy) is 1. The van der Waals surface area contributed by atoms with E-state index in [1.807, 2.05) is 12.1 Å². The molecule has 0 spiro atoms. The molecule has 0 saturated carbocycles. The number of aromatic amines is 1. The number of pyridine rings is 1. The molecule has 7 nitrogen and oxygen atoms in total. The highest BCUT2D eigenvalue weighted by atomic mass is 16.5. The summed E-state index contributed by atoms with van der Waals surface area (Å²) in [4.78, 5) is 33.0. The third-order valence-corrected chi connectivity index (χ3v) is 3.95. The number of rotatable bonds is 5. The second kappa shape index (κ2) is 7.27. The SMILES string of the molecule is CC(=O)c1c[nH]c(C(=O)NCc2cccnc2N2CCOCC2)c1. The van der Waals surface area contributed by atoms with Crippen molar-refractivity contribution in [2.45, 2.75) is 13.5 Å². The summed E-state index contributed by atoms with van der Waals surface area (Å²) in [6, 6.07) is 5.37. The number of hydrogen-bond donors (Lipinski definition) is 2. The molecule has 2 aromatic rings. The number of carbonyl (C=O) groups excluding carboxylic acids is 2. The number of amides is 1. The molecule has 1 fully saturated rings. The van der Waals surface area contributed by atoms with Gasteiger partial charge in [0.15, 0.2) is 5.78 Å². The first-order chi connectivity index (χ1) is 11.6. The fourth-order valence-corrected chi connectivity index (χ4v) is 2.63. The van der Waals surface area contributed by atoms with Crippen molar-refractivity contribution in [2.24, 2.45) is 0 Å². The Morgan fingerprint density at radius 2 is 2.17 bits per heavy atom. The highest BCUT2D eigenvalue weighted by molar-refractivity contribution is 5.99. The minimum atomic E-state index is -0.251. The molecule has 0 aliphatic carbocycles. The maximum absolute atomic E-state index is 12.2. The van der Waals surface area contributed by atoms with Crippen molar-refractivity contribution in [1.82, 2.24) is 15.3 Å². The van der Waals surface area contributed by atoms with Crippen molar-refractivity contribution in [3.8, 4) is 0 Å². The Morgan fingerprint density at radius 3 is 2.88 bits per heavy atom. The summed E-state index contributed by atoms with van der Waals surface area (Å²) in [7, 11) is 0. The molecule has 7 heteroatoms. The zero-order chi connectivity index (χ0) is 16.9. The molecule has 24 heavy (non-hydrogen) atoms. The van der Waals surface area contributed by atoms with Gasteiger partial charge in [0, 0.05) is 43.2 Å². The van der Waals surface area contributed by atoms with Crippen molar-refractivity contribution < 1.29 is 14.3 Å². The van der Waals surface area contributed by atoms with Gasteiger partial charge in [-0.2, -0.15) is 0 Å². The van der Waals surface area contributed by atoms with E-state index in [2.05, 4.69) is 20.2 Å². The van der Waals surface area contributed by atoms with Crippen LogP contribution in [0.25, 0.3) is 0 Å². The summed E-state index contributed by atoms with van der Waals surface area (Å²) in [5.74, 6) is 0.545. The van der Waals surface area contributed by atoms with Crippen LogP contribution in [-0.4, -0.2) is 48.0 Å². The number of anilines is 1. The second-order valence-corrected chi connectivity index (χ2v) is 5.63. The summed E-state index contributed by atoms with van der Waals surface area (Å²) in [5, 5.41) is 2.87. The number of ketones is 1. The molecule has 3 rings (SSSR count). The van der Waals surface area contributed by atoms with E-state index < -0.39 is 0 Å². The minimum absolute atomic E-state index is 0.0767. The predicted molar refractivity (Wildman–Crippen MR) is 89.2 cm³/mol. The molecule has 1 saturated heterocycles. The Hall–Kier alpha value is -2.67. The van der Waals surface area contributed by atoms with E-state index in [1.165, 1.54) is 6.92 Å². The monoisotopic (exact) mass is 328 g/mol. The standard InChI is InChI=1S/C17H20N4O3/c1-12(22)14-9-15(19-11-14)17(23)20-10-13-3-2-4-18-16(13)21-5-7-24-8-6-21/h2-4,9,11,19H,5-8,10H2,1H3,(H,20,23). The number of nitrogens with zero attached hydrogens (tertiary/aromatic N) is 2.